The lowest BCUT2D eigenvalue weighted by Crippen LogP contribution is -2.38. The van der Waals surface area contributed by atoms with Crippen LogP contribution < -0.4 is 0 Å². The Kier molecular flexibility index (Phi) is 3.28. The van der Waals surface area contributed by atoms with Gasteiger partial charge in [-0.05, 0) is 12.8 Å². The van der Waals surface area contributed by atoms with Gasteiger partial charge in [-0.15, -0.1) is 0 Å². The molecule has 74 valence electrons. The Morgan fingerprint density at radius 3 is 2.85 bits per heavy atom. The maximum atomic E-state index is 11.5. The highest BCUT2D eigenvalue weighted by molar-refractivity contribution is 5.93. The zero-order valence-electron chi connectivity index (χ0n) is 8.08. The number of hydrogen-bond donors (Lipinski definition) is 0. The number of carbonyl (C=O) groups excluding carboxylic acids is 2. The van der Waals surface area contributed by atoms with Crippen LogP contribution in [0.2, 0.25) is 0 Å². The van der Waals surface area contributed by atoms with Gasteiger partial charge >= 0.3 is 6.09 Å². The molecule has 0 aromatic rings. The largest absolute Gasteiger partial charge is 0.447 e. The Morgan fingerprint density at radius 1 is 1.62 bits per heavy atom. The summed E-state index contributed by atoms with van der Waals surface area (Å²) in [7, 11) is 0. The summed E-state index contributed by atoms with van der Waals surface area (Å²) in [6.45, 7) is 4.21. The van der Waals surface area contributed by atoms with Crippen LogP contribution in [0.3, 0.4) is 0 Å². The molecule has 1 aliphatic rings. The molecule has 2 amide bonds. The highest BCUT2D eigenvalue weighted by Gasteiger charge is 2.35. The van der Waals surface area contributed by atoms with Crippen molar-refractivity contribution in [1.82, 2.24) is 4.90 Å². The van der Waals surface area contributed by atoms with Gasteiger partial charge < -0.3 is 4.74 Å². The normalized spacial score (nSPS) is 21.8. The molecular formula is C9H15NO3. The minimum absolute atomic E-state index is 0.0495. The Morgan fingerprint density at radius 2 is 2.31 bits per heavy atom. The van der Waals surface area contributed by atoms with Gasteiger partial charge in [-0.2, -0.15) is 0 Å². The molecule has 0 aliphatic carbocycles. The molecule has 1 unspecified atom stereocenters. The fourth-order valence-electron chi connectivity index (χ4n) is 1.40. The van der Waals surface area contributed by atoms with Crippen molar-refractivity contribution in [1.29, 1.82) is 0 Å². The number of amides is 2. The summed E-state index contributed by atoms with van der Waals surface area (Å²) in [4.78, 5) is 23.8. The summed E-state index contributed by atoms with van der Waals surface area (Å²) < 4.78 is 4.80. The maximum Gasteiger partial charge on any atom is 0.416 e. The number of cyclic esters (lactones) is 1. The van der Waals surface area contributed by atoms with Gasteiger partial charge in [0.15, 0.2) is 0 Å². The van der Waals surface area contributed by atoms with E-state index in [1.54, 1.807) is 0 Å². The van der Waals surface area contributed by atoms with Crippen LogP contribution in [-0.2, 0) is 9.53 Å². The van der Waals surface area contributed by atoms with Crippen LogP contribution >= 0.6 is 0 Å². The van der Waals surface area contributed by atoms with Crippen molar-refractivity contribution in [3.63, 3.8) is 0 Å². The number of rotatable bonds is 3. The van der Waals surface area contributed by atoms with Crippen LogP contribution in [0.4, 0.5) is 4.79 Å². The molecule has 1 aliphatic heterocycles. The molecule has 0 aromatic heterocycles. The van der Waals surface area contributed by atoms with Crippen LogP contribution in [0.1, 0.15) is 33.1 Å². The molecule has 1 fully saturated rings. The minimum Gasteiger partial charge on any atom is -0.447 e. The van der Waals surface area contributed by atoms with Crippen molar-refractivity contribution < 1.29 is 14.3 Å². The molecule has 0 N–H and O–H groups in total. The van der Waals surface area contributed by atoms with Crippen molar-refractivity contribution in [2.75, 3.05) is 6.61 Å². The topological polar surface area (TPSA) is 46.6 Å². The Hall–Kier alpha value is -1.06. The third-order valence-electron chi connectivity index (χ3n) is 2.16. The van der Waals surface area contributed by atoms with Crippen LogP contribution in [0.15, 0.2) is 0 Å². The predicted molar refractivity (Wildman–Crippen MR) is 47.2 cm³/mol. The van der Waals surface area contributed by atoms with E-state index >= 15 is 0 Å². The van der Waals surface area contributed by atoms with Gasteiger partial charge in [0.25, 0.3) is 0 Å². The zero-order valence-corrected chi connectivity index (χ0v) is 8.08. The SMILES string of the molecule is CCCC(=O)N1C(=O)OCC1CC. The number of imide groups is 1. The molecule has 1 rings (SSSR count). The van der Waals surface area contributed by atoms with E-state index in [1.165, 1.54) is 4.90 Å². The predicted octanol–water partition coefficient (Wildman–Crippen LogP) is 1.54. The third-order valence-corrected chi connectivity index (χ3v) is 2.16. The fraction of sp³-hybridized carbons (Fsp3) is 0.778. The second-order valence-corrected chi connectivity index (χ2v) is 3.15. The van der Waals surface area contributed by atoms with Crippen LogP contribution in [0.25, 0.3) is 0 Å². The number of nitrogens with zero attached hydrogens (tertiary/aromatic N) is 1. The van der Waals surface area contributed by atoms with Gasteiger partial charge in [0.05, 0.1) is 6.04 Å². The Balaban J connectivity index is 2.63. The fourth-order valence-corrected chi connectivity index (χ4v) is 1.40. The third kappa shape index (κ3) is 1.99. The summed E-state index contributed by atoms with van der Waals surface area (Å²) in [5, 5.41) is 0. The lowest BCUT2D eigenvalue weighted by atomic mass is 10.2. The average molecular weight is 185 g/mol. The lowest BCUT2D eigenvalue weighted by Gasteiger charge is -2.17. The molecule has 0 saturated carbocycles. The zero-order chi connectivity index (χ0) is 9.84. The smallest absolute Gasteiger partial charge is 0.416 e. The van der Waals surface area contributed by atoms with E-state index in [4.69, 9.17) is 4.74 Å². The Labute approximate surface area is 77.8 Å². The molecule has 1 atom stereocenters. The molecule has 0 bridgehead atoms. The van der Waals surface area contributed by atoms with Crippen molar-refractivity contribution in [3.05, 3.63) is 0 Å². The van der Waals surface area contributed by atoms with Gasteiger partial charge in [0.1, 0.15) is 6.61 Å². The summed E-state index contributed by atoms with van der Waals surface area (Å²) in [5.74, 6) is -0.114. The molecule has 4 heteroatoms. The van der Waals surface area contributed by atoms with E-state index in [0.717, 1.165) is 12.8 Å². The second kappa shape index (κ2) is 4.25. The quantitative estimate of drug-likeness (QED) is 0.670. The van der Waals surface area contributed by atoms with Crippen LogP contribution in [0, 0.1) is 0 Å². The van der Waals surface area contributed by atoms with E-state index in [0.29, 0.717) is 13.0 Å². The summed E-state index contributed by atoms with van der Waals surface area (Å²) in [6, 6.07) is -0.0495. The second-order valence-electron chi connectivity index (χ2n) is 3.15. The summed E-state index contributed by atoms with van der Waals surface area (Å²) in [6.07, 6.45) is 1.47. The molecule has 0 spiro atoms. The van der Waals surface area contributed by atoms with Gasteiger partial charge in [0, 0.05) is 6.42 Å². The number of ether oxygens (including phenoxy) is 1. The monoisotopic (exact) mass is 185 g/mol. The molecule has 0 radical (unpaired) electrons. The molecule has 13 heavy (non-hydrogen) atoms. The van der Waals surface area contributed by atoms with E-state index < -0.39 is 6.09 Å². The van der Waals surface area contributed by atoms with E-state index in [9.17, 15) is 9.59 Å². The molecule has 1 heterocycles. The first-order valence-corrected chi connectivity index (χ1v) is 4.69. The highest BCUT2D eigenvalue weighted by Crippen LogP contribution is 2.16. The van der Waals surface area contributed by atoms with Crippen molar-refractivity contribution in [2.45, 2.75) is 39.2 Å². The first-order valence-electron chi connectivity index (χ1n) is 4.69. The molecule has 0 aromatic carbocycles. The highest BCUT2D eigenvalue weighted by atomic mass is 16.6. The first-order chi connectivity index (χ1) is 6.20. The van der Waals surface area contributed by atoms with E-state index in [1.807, 2.05) is 13.8 Å². The van der Waals surface area contributed by atoms with Gasteiger partial charge in [-0.3, -0.25) is 4.79 Å². The maximum absolute atomic E-state index is 11.5. The van der Waals surface area contributed by atoms with Gasteiger partial charge in [0.2, 0.25) is 5.91 Å². The summed E-state index contributed by atoms with van der Waals surface area (Å²) >= 11 is 0. The molecular weight excluding hydrogens is 170 g/mol. The van der Waals surface area contributed by atoms with E-state index in [-0.39, 0.29) is 11.9 Å². The lowest BCUT2D eigenvalue weighted by molar-refractivity contribution is -0.129. The number of hydrogen-bond acceptors (Lipinski definition) is 3. The standard InChI is InChI=1S/C9H15NO3/c1-3-5-8(11)10-7(4-2)6-13-9(10)12/h7H,3-6H2,1-2H3. The summed E-state index contributed by atoms with van der Waals surface area (Å²) in [5.41, 5.74) is 0. The average Bonchev–Trinajstić information content (AvgIpc) is 2.47. The molecule has 4 nitrogen and oxygen atoms in total. The van der Waals surface area contributed by atoms with Crippen molar-refractivity contribution in [3.8, 4) is 0 Å². The van der Waals surface area contributed by atoms with Gasteiger partial charge in [-0.1, -0.05) is 13.8 Å². The Bertz CT molecular complexity index is 215. The van der Waals surface area contributed by atoms with Crippen molar-refractivity contribution in [2.24, 2.45) is 0 Å². The van der Waals surface area contributed by atoms with E-state index in [2.05, 4.69) is 0 Å². The van der Waals surface area contributed by atoms with Crippen molar-refractivity contribution >= 4 is 12.0 Å². The molecule has 1 saturated heterocycles. The minimum atomic E-state index is -0.481. The number of carbonyl (C=O) groups is 2. The van der Waals surface area contributed by atoms with Crippen LogP contribution in [0.5, 0.6) is 0 Å². The van der Waals surface area contributed by atoms with Crippen LogP contribution in [-0.4, -0.2) is 29.5 Å². The first kappa shape index (κ1) is 10.0. The van der Waals surface area contributed by atoms with Gasteiger partial charge in [-0.25, -0.2) is 9.69 Å².